The summed E-state index contributed by atoms with van der Waals surface area (Å²) in [5.74, 6) is 0.0537. The molecule has 1 unspecified atom stereocenters. The molecule has 0 bridgehead atoms. The van der Waals surface area contributed by atoms with Crippen molar-refractivity contribution in [3.05, 3.63) is 22.4 Å². The van der Waals surface area contributed by atoms with E-state index < -0.39 is 0 Å². The summed E-state index contributed by atoms with van der Waals surface area (Å²) in [6.07, 6.45) is 3.86. The standard InChI is InChI=1S/C14H21NO2S/c1-3-14(4-2)10-11(7-8-17-14)15-13(16)12-6-5-9-18-12/h5-6,9,11H,3-4,7-8,10H2,1-2H3,(H,15,16). The Morgan fingerprint density at radius 1 is 1.56 bits per heavy atom. The highest BCUT2D eigenvalue weighted by Crippen LogP contribution is 2.31. The first-order valence-electron chi connectivity index (χ1n) is 6.67. The molecule has 100 valence electrons. The molecule has 0 aromatic carbocycles. The van der Waals surface area contributed by atoms with Crippen LogP contribution in [0.3, 0.4) is 0 Å². The van der Waals surface area contributed by atoms with Crippen LogP contribution < -0.4 is 5.32 Å². The molecule has 0 radical (unpaired) electrons. The molecule has 1 fully saturated rings. The summed E-state index contributed by atoms with van der Waals surface area (Å²) in [5, 5.41) is 5.07. The SMILES string of the molecule is CCC1(CC)CC(NC(=O)c2cccs2)CCO1. The van der Waals surface area contributed by atoms with Gasteiger partial charge in [-0.25, -0.2) is 0 Å². The number of carbonyl (C=O) groups is 1. The zero-order valence-corrected chi connectivity index (χ0v) is 11.9. The third kappa shape index (κ3) is 2.93. The number of amides is 1. The van der Waals surface area contributed by atoms with Gasteiger partial charge in [0.2, 0.25) is 0 Å². The van der Waals surface area contributed by atoms with E-state index in [0.717, 1.165) is 37.2 Å². The predicted molar refractivity (Wildman–Crippen MR) is 74.1 cm³/mol. The molecule has 1 aliphatic heterocycles. The largest absolute Gasteiger partial charge is 0.375 e. The van der Waals surface area contributed by atoms with E-state index in [2.05, 4.69) is 19.2 Å². The molecule has 1 aliphatic rings. The Kier molecular flexibility index (Phi) is 4.40. The van der Waals surface area contributed by atoms with Gasteiger partial charge in [0.15, 0.2) is 0 Å². The lowest BCUT2D eigenvalue weighted by Crippen LogP contribution is -2.48. The van der Waals surface area contributed by atoms with Crippen LogP contribution in [-0.2, 0) is 4.74 Å². The Hall–Kier alpha value is -0.870. The molecule has 1 aromatic rings. The van der Waals surface area contributed by atoms with Gasteiger partial charge in [0, 0.05) is 12.6 Å². The summed E-state index contributed by atoms with van der Waals surface area (Å²) in [6.45, 7) is 5.07. The molecule has 0 saturated carbocycles. The quantitative estimate of drug-likeness (QED) is 0.909. The molecule has 2 rings (SSSR count). The average Bonchev–Trinajstić information content (AvgIpc) is 2.93. The first-order valence-corrected chi connectivity index (χ1v) is 7.55. The number of hydrogen-bond donors (Lipinski definition) is 1. The second kappa shape index (κ2) is 5.85. The Morgan fingerprint density at radius 2 is 2.33 bits per heavy atom. The monoisotopic (exact) mass is 267 g/mol. The fourth-order valence-corrected chi connectivity index (χ4v) is 3.18. The Bertz CT molecular complexity index is 385. The lowest BCUT2D eigenvalue weighted by atomic mass is 9.86. The maximum Gasteiger partial charge on any atom is 0.261 e. The van der Waals surface area contributed by atoms with Crippen LogP contribution in [0.25, 0.3) is 0 Å². The minimum atomic E-state index is -0.0361. The molecule has 4 heteroatoms. The van der Waals surface area contributed by atoms with Gasteiger partial charge in [-0.05, 0) is 37.1 Å². The van der Waals surface area contributed by atoms with E-state index in [9.17, 15) is 4.79 Å². The third-order valence-electron chi connectivity index (χ3n) is 3.86. The van der Waals surface area contributed by atoms with Crippen molar-refractivity contribution in [2.24, 2.45) is 0 Å². The molecule has 18 heavy (non-hydrogen) atoms. The topological polar surface area (TPSA) is 38.3 Å². The molecule has 0 spiro atoms. The molecule has 1 saturated heterocycles. The van der Waals surface area contributed by atoms with Crippen LogP contribution in [0, 0.1) is 0 Å². The lowest BCUT2D eigenvalue weighted by Gasteiger charge is -2.40. The van der Waals surface area contributed by atoms with E-state index in [4.69, 9.17) is 4.74 Å². The minimum absolute atomic E-state index is 0.0361. The van der Waals surface area contributed by atoms with Gasteiger partial charge in [-0.15, -0.1) is 11.3 Å². The van der Waals surface area contributed by atoms with Crippen LogP contribution in [0.15, 0.2) is 17.5 Å². The highest BCUT2D eigenvalue weighted by atomic mass is 32.1. The van der Waals surface area contributed by atoms with E-state index in [1.165, 1.54) is 11.3 Å². The lowest BCUT2D eigenvalue weighted by molar-refractivity contribution is -0.0917. The van der Waals surface area contributed by atoms with Crippen LogP contribution in [0.5, 0.6) is 0 Å². The van der Waals surface area contributed by atoms with Gasteiger partial charge < -0.3 is 10.1 Å². The van der Waals surface area contributed by atoms with Crippen molar-refractivity contribution in [1.82, 2.24) is 5.32 Å². The van der Waals surface area contributed by atoms with Crippen molar-refractivity contribution in [3.8, 4) is 0 Å². The number of rotatable bonds is 4. The van der Waals surface area contributed by atoms with E-state index >= 15 is 0 Å². The van der Waals surface area contributed by atoms with Gasteiger partial charge >= 0.3 is 0 Å². The smallest absolute Gasteiger partial charge is 0.261 e. The highest BCUT2D eigenvalue weighted by Gasteiger charge is 2.35. The van der Waals surface area contributed by atoms with Gasteiger partial charge in [-0.2, -0.15) is 0 Å². The Morgan fingerprint density at radius 3 is 2.94 bits per heavy atom. The maximum atomic E-state index is 12.0. The second-order valence-corrected chi connectivity index (χ2v) is 5.83. The van der Waals surface area contributed by atoms with Gasteiger partial charge in [-0.1, -0.05) is 19.9 Å². The molecule has 2 heterocycles. The van der Waals surface area contributed by atoms with Crippen molar-refractivity contribution in [2.45, 2.75) is 51.2 Å². The second-order valence-electron chi connectivity index (χ2n) is 4.88. The first-order chi connectivity index (χ1) is 8.69. The summed E-state index contributed by atoms with van der Waals surface area (Å²) in [4.78, 5) is 12.8. The zero-order valence-electron chi connectivity index (χ0n) is 11.1. The van der Waals surface area contributed by atoms with Crippen LogP contribution in [-0.4, -0.2) is 24.2 Å². The number of thiophene rings is 1. The molecule has 3 nitrogen and oxygen atoms in total. The van der Waals surface area contributed by atoms with E-state index in [1.54, 1.807) is 0 Å². The van der Waals surface area contributed by atoms with Crippen LogP contribution in [0.1, 0.15) is 49.2 Å². The first kappa shape index (κ1) is 13.6. The van der Waals surface area contributed by atoms with Crippen molar-refractivity contribution >= 4 is 17.2 Å². The Labute approximate surface area is 113 Å². The van der Waals surface area contributed by atoms with Gasteiger partial charge in [0.05, 0.1) is 10.5 Å². The minimum Gasteiger partial charge on any atom is -0.375 e. The fourth-order valence-electron chi connectivity index (χ4n) is 2.56. The number of hydrogen-bond acceptors (Lipinski definition) is 3. The molecule has 1 aromatic heterocycles. The molecule has 1 atom stereocenters. The van der Waals surface area contributed by atoms with Crippen molar-refractivity contribution in [1.29, 1.82) is 0 Å². The van der Waals surface area contributed by atoms with Crippen LogP contribution in [0.2, 0.25) is 0 Å². The average molecular weight is 267 g/mol. The van der Waals surface area contributed by atoms with Crippen molar-refractivity contribution in [3.63, 3.8) is 0 Å². The molecule has 1 N–H and O–H groups in total. The third-order valence-corrected chi connectivity index (χ3v) is 4.73. The molecule has 1 amide bonds. The Balaban J connectivity index is 1.96. The summed E-state index contributed by atoms with van der Waals surface area (Å²) in [7, 11) is 0. The predicted octanol–water partition coefficient (Wildman–Crippen LogP) is 3.22. The normalized spacial score (nSPS) is 22.7. The highest BCUT2D eigenvalue weighted by molar-refractivity contribution is 7.12. The summed E-state index contributed by atoms with van der Waals surface area (Å²) in [5.41, 5.74) is -0.0361. The van der Waals surface area contributed by atoms with Gasteiger partial charge in [0.1, 0.15) is 0 Å². The molecule has 0 aliphatic carbocycles. The van der Waals surface area contributed by atoms with Crippen molar-refractivity contribution in [2.75, 3.05) is 6.61 Å². The molecular weight excluding hydrogens is 246 g/mol. The van der Waals surface area contributed by atoms with E-state index in [-0.39, 0.29) is 17.6 Å². The number of carbonyl (C=O) groups excluding carboxylic acids is 1. The maximum absolute atomic E-state index is 12.0. The van der Waals surface area contributed by atoms with Crippen LogP contribution >= 0.6 is 11.3 Å². The summed E-state index contributed by atoms with van der Waals surface area (Å²) in [6, 6.07) is 4.02. The fraction of sp³-hybridized carbons (Fsp3) is 0.643. The van der Waals surface area contributed by atoms with Gasteiger partial charge in [-0.3, -0.25) is 4.79 Å². The zero-order chi connectivity index (χ0) is 13.0. The van der Waals surface area contributed by atoms with Crippen LogP contribution in [0.4, 0.5) is 0 Å². The number of ether oxygens (including phenoxy) is 1. The summed E-state index contributed by atoms with van der Waals surface area (Å²) >= 11 is 1.49. The van der Waals surface area contributed by atoms with Gasteiger partial charge in [0.25, 0.3) is 5.91 Å². The molecular formula is C14H21NO2S. The van der Waals surface area contributed by atoms with Crippen molar-refractivity contribution < 1.29 is 9.53 Å². The number of nitrogens with one attached hydrogen (secondary N) is 1. The van der Waals surface area contributed by atoms with E-state index in [1.807, 2.05) is 17.5 Å². The summed E-state index contributed by atoms with van der Waals surface area (Å²) < 4.78 is 5.92. The van der Waals surface area contributed by atoms with E-state index in [0.29, 0.717) is 0 Å².